The third kappa shape index (κ3) is 6.36. The fraction of sp³-hybridized carbons (Fsp3) is 0.667. The molecule has 0 aromatic heterocycles. The normalized spacial score (nSPS) is 20.1. The fourth-order valence-electron chi connectivity index (χ4n) is 3.10. The lowest BCUT2D eigenvalue weighted by Crippen LogP contribution is -2.27. The van der Waals surface area contributed by atoms with Crippen LogP contribution in [-0.2, 0) is 14.2 Å². The third-order valence-corrected chi connectivity index (χ3v) is 4.63. The van der Waals surface area contributed by atoms with Crippen molar-refractivity contribution < 1.29 is 23.4 Å². The lowest BCUT2D eigenvalue weighted by atomic mass is 10.0. The van der Waals surface area contributed by atoms with Gasteiger partial charge in [-0.2, -0.15) is 0 Å². The predicted molar refractivity (Wildman–Crippen MR) is 98.5 cm³/mol. The van der Waals surface area contributed by atoms with Crippen molar-refractivity contribution >= 4 is 5.97 Å². The summed E-state index contributed by atoms with van der Waals surface area (Å²) in [5.41, 5.74) is 0.551. The zero-order valence-electron chi connectivity index (χ0n) is 16.0. The Morgan fingerprint density at radius 1 is 1.12 bits per heavy atom. The largest absolute Gasteiger partial charge is 0.462 e. The Morgan fingerprint density at radius 2 is 1.85 bits per heavy atom. The molecule has 1 aliphatic rings. The van der Waals surface area contributed by atoms with Gasteiger partial charge >= 0.3 is 5.97 Å². The van der Waals surface area contributed by atoms with E-state index in [0.29, 0.717) is 31.3 Å². The molecule has 1 aliphatic heterocycles. The number of ether oxygens (including phenoxy) is 3. The minimum Gasteiger partial charge on any atom is -0.462 e. The summed E-state index contributed by atoms with van der Waals surface area (Å²) in [6, 6.07) is 4.33. The SMILES string of the molecule is CCCCCCCOC(=O)c1ccc(C2OCC(CCC)CO2)c(F)c1. The molecule has 0 N–H and O–H groups in total. The highest BCUT2D eigenvalue weighted by Gasteiger charge is 2.25. The molecule has 4 nitrogen and oxygen atoms in total. The van der Waals surface area contributed by atoms with Gasteiger partial charge in [-0.1, -0.05) is 52.0 Å². The molecule has 1 fully saturated rings. The van der Waals surface area contributed by atoms with Crippen LogP contribution in [0.2, 0.25) is 0 Å². The van der Waals surface area contributed by atoms with Crippen LogP contribution in [0.5, 0.6) is 0 Å². The number of halogens is 1. The van der Waals surface area contributed by atoms with Crippen LogP contribution in [0.4, 0.5) is 4.39 Å². The second-order valence-electron chi connectivity index (χ2n) is 6.94. The summed E-state index contributed by atoms with van der Waals surface area (Å²) < 4.78 is 30.9. The van der Waals surface area contributed by atoms with Crippen LogP contribution >= 0.6 is 0 Å². The molecule has 2 rings (SSSR count). The van der Waals surface area contributed by atoms with E-state index in [0.717, 1.165) is 32.1 Å². The molecule has 1 saturated heterocycles. The number of hydrogen-bond acceptors (Lipinski definition) is 4. The van der Waals surface area contributed by atoms with Crippen molar-refractivity contribution in [2.45, 2.75) is 65.1 Å². The van der Waals surface area contributed by atoms with Crippen molar-refractivity contribution in [3.05, 3.63) is 35.1 Å². The Hall–Kier alpha value is -1.46. The zero-order valence-corrected chi connectivity index (χ0v) is 16.0. The molecule has 5 heteroatoms. The first-order valence-electron chi connectivity index (χ1n) is 9.85. The van der Waals surface area contributed by atoms with Crippen LogP contribution in [0.15, 0.2) is 18.2 Å². The number of esters is 1. The Kier molecular flexibility index (Phi) is 9.06. The van der Waals surface area contributed by atoms with E-state index in [1.165, 1.54) is 18.9 Å². The van der Waals surface area contributed by atoms with E-state index >= 15 is 0 Å². The van der Waals surface area contributed by atoms with Gasteiger partial charge in [0.05, 0.1) is 25.4 Å². The van der Waals surface area contributed by atoms with E-state index < -0.39 is 18.1 Å². The van der Waals surface area contributed by atoms with Crippen molar-refractivity contribution in [2.75, 3.05) is 19.8 Å². The Bertz CT molecular complexity index is 553. The monoisotopic (exact) mass is 366 g/mol. The summed E-state index contributed by atoms with van der Waals surface area (Å²) in [4.78, 5) is 12.0. The quantitative estimate of drug-likeness (QED) is 0.410. The molecule has 0 bridgehead atoms. The highest BCUT2D eigenvalue weighted by Crippen LogP contribution is 2.29. The maximum atomic E-state index is 14.4. The second kappa shape index (κ2) is 11.3. The van der Waals surface area contributed by atoms with Gasteiger partial charge in [0.2, 0.25) is 0 Å². The van der Waals surface area contributed by atoms with Crippen LogP contribution in [0.25, 0.3) is 0 Å². The van der Waals surface area contributed by atoms with Crippen LogP contribution in [0, 0.1) is 11.7 Å². The third-order valence-electron chi connectivity index (χ3n) is 4.63. The molecule has 1 aromatic rings. The van der Waals surface area contributed by atoms with Crippen LogP contribution in [0.1, 0.15) is 81.0 Å². The molecular weight excluding hydrogens is 335 g/mol. The zero-order chi connectivity index (χ0) is 18.8. The smallest absolute Gasteiger partial charge is 0.338 e. The molecule has 0 amide bonds. The Labute approximate surface area is 156 Å². The molecule has 0 unspecified atom stereocenters. The topological polar surface area (TPSA) is 44.8 Å². The van der Waals surface area contributed by atoms with Gasteiger partial charge in [0.15, 0.2) is 6.29 Å². The van der Waals surface area contributed by atoms with E-state index in [1.54, 1.807) is 12.1 Å². The molecule has 0 radical (unpaired) electrons. The lowest BCUT2D eigenvalue weighted by molar-refractivity contribution is -0.207. The summed E-state index contributed by atoms with van der Waals surface area (Å²) in [5, 5.41) is 0. The molecule has 26 heavy (non-hydrogen) atoms. The van der Waals surface area contributed by atoms with E-state index in [1.807, 2.05) is 0 Å². The van der Waals surface area contributed by atoms with Gasteiger partial charge < -0.3 is 14.2 Å². The maximum absolute atomic E-state index is 14.4. The molecule has 146 valence electrons. The average molecular weight is 366 g/mol. The number of benzene rings is 1. The average Bonchev–Trinajstić information content (AvgIpc) is 2.65. The molecule has 0 saturated carbocycles. The van der Waals surface area contributed by atoms with Crippen LogP contribution in [0.3, 0.4) is 0 Å². The lowest BCUT2D eigenvalue weighted by Gasteiger charge is -2.29. The van der Waals surface area contributed by atoms with Crippen molar-refractivity contribution in [2.24, 2.45) is 5.92 Å². The van der Waals surface area contributed by atoms with Crippen LogP contribution < -0.4 is 0 Å². The number of carbonyl (C=O) groups is 1. The summed E-state index contributed by atoms with van der Waals surface area (Å²) in [7, 11) is 0. The summed E-state index contributed by atoms with van der Waals surface area (Å²) in [6.07, 6.45) is 6.83. The molecule has 0 atom stereocenters. The summed E-state index contributed by atoms with van der Waals surface area (Å²) >= 11 is 0. The predicted octanol–water partition coefficient (Wildman–Crippen LogP) is 5.41. The minimum atomic E-state index is -0.702. The van der Waals surface area contributed by atoms with E-state index in [-0.39, 0.29) is 5.56 Å². The number of hydrogen-bond donors (Lipinski definition) is 0. The van der Waals surface area contributed by atoms with E-state index in [2.05, 4.69) is 13.8 Å². The van der Waals surface area contributed by atoms with Crippen molar-refractivity contribution in [3.63, 3.8) is 0 Å². The van der Waals surface area contributed by atoms with Gasteiger partial charge in [0.25, 0.3) is 0 Å². The van der Waals surface area contributed by atoms with E-state index in [9.17, 15) is 9.18 Å². The number of rotatable bonds is 10. The van der Waals surface area contributed by atoms with Gasteiger partial charge in [-0.15, -0.1) is 0 Å². The molecule has 1 aromatic carbocycles. The number of carbonyl (C=O) groups excluding carboxylic acids is 1. The standard InChI is InChI=1S/C21H31FO4/c1-3-5-6-7-8-12-24-20(23)17-10-11-18(19(22)13-17)21-25-14-16(9-4-2)15-26-21/h10-11,13,16,21H,3-9,12,14-15H2,1-2H3. The minimum absolute atomic E-state index is 0.222. The summed E-state index contributed by atoms with van der Waals surface area (Å²) in [6.45, 7) is 5.79. The van der Waals surface area contributed by atoms with Crippen LogP contribution in [-0.4, -0.2) is 25.8 Å². The van der Waals surface area contributed by atoms with E-state index in [4.69, 9.17) is 14.2 Å². The molecule has 1 heterocycles. The number of unbranched alkanes of at least 4 members (excludes halogenated alkanes) is 4. The first kappa shape index (κ1) is 20.8. The second-order valence-corrected chi connectivity index (χ2v) is 6.94. The fourth-order valence-corrected chi connectivity index (χ4v) is 3.10. The van der Waals surface area contributed by atoms with Gasteiger partial charge in [0.1, 0.15) is 5.82 Å². The highest BCUT2D eigenvalue weighted by molar-refractivity contribution is 5.89. The Morgan fingerprint density at radius 3 is 2.50 bits per heavy atom. The van der Waals surface area contributed by atoms with Gasteiger partial charge in [-0.05, 0) is 25.0 Å². The van der Waals surface area contributed by atoms with Gasteiger partial charge in [-0.25, -0.2) is 9.18 Å². The Balaban J connectivity index is 1.82. The van der Waals surface area contributed by atoms with Crippen molar-refractivity contribution in [1.29, 1.82) is 0 Å². The maximum Gasteiger partial charge on any atom is 0.338 e. The van der Waals surface area contributed by atoms with Crippen molar-refractivity contribution in [3.8, 4) is 0 Å². The molecule has 0 aliphatic carbocycles. The van der Waals surface area contributed by atoms with Gasteiger partial charge in [0, 0.05) is 11.5 Å². The summed E-state index contributed by atoms with van der Waals surface area (Å²) in [5.74, 6) is -0.619. The molecule has 0 spiro atoms. The van der Waals surface area contributed by atoms with Gasteiger partial charge in [-0.3, -0.25) is 0 Å². The van der Waals surface area contributed by atoms with Crippen molar-refractivity contribution in [1.82, 2.24) is 0 Å². The first-order valence-corrected chi connectivity index (χ1v) is 9.85. The highest BCUT2D eigenvalue weighted by atomic mass is 19.1. The first-order chi connectivity index (χ1) is 12.7. The molecular formula is C21H31FO4.